The predicted octanol–water partition coefficient (Wildman–Crippen LogP) is 2.26. The second-order valence-corrected chi connectivity index (χ2v) is 7.52. The molecule has 2 atom stereocenters. The summed E-state index contributed by atoms with van der Waals surface area (Å²) in [6.45, 7) is 1.13. The van der Waals surface area contributed by atoms with E-state index in [4.69, 9.17) is 0 Å². The Bertz CT molecular complexity index is 928. The van der Waals surface area contributed by atoms with Crippen molar-refractivity contribution in [2.45, 2.75) is 57.5 Å². The summed E-state index contributed by atoms with van der Waals surface area (Å²) in [6, 6.07) is 7.41. The van der Waals surface area contributed by atoms with E-state index in [1.165, 1.54) is 30.3 Å². The summed E-state index contributed by atoms with van der Waals surface area (Å²) in [5, 5.41) is 0.477. The van der Waals surface area contributed by atoms with E-state index >= 15 is 0 Å². The maximum atomic E-state index is 12.9. The van der Waals surface area contributed by atoms with Crippen LogP contribution in [0.3, 0.4) is 0 Å². The first kappa shape index (κ1) is 17.1. The third-order valence-electron chi connectivity index (χ3n) is 6.02. The lowest BCUT2D eigenvalue weighted by atomic mass is 9.78. The van der Waals surface area contributed by atoms with Crippen LogP contribution in [0.1, 0.15) is 44.9 Å². The second-order valence-electron chi connectivity index (χ2n) is 7.52. The summed E-state index contributed by atoms with van der Waals surface area (Å²) < 4.78 is 1.51. The number of nitrogens with zero attached hydrogens (tertiary/aromatic N) is 2. The number of hydrogen-bond acceptors (Lipinski definition) is 3. The molecule has 26 heavy (non-hydrogen) atoms. The molecule has 2 aromatic rings. The molecule has 1 aliphatic heterocycles. The van der Waals surface area contributed by atoms with E-state index in [0.717, 1.165) is 19.4 Å². The first-order chi connectivity index (χ1) is 12.6. The lowest BCUT2D eigenvalue weighted by Gasteiger charge is -2.44. The molecule has 1 saturated carbocycles. The highest BCUT2D eigenvalue weighted by Gasteiger charge is 2.35. The van der Waals surface area contributed by atoms with Crippen molar-refractivity contribution in [2.75, 3.05) is 6.54 Å². The topological polar surface area (TPSA) is 75.2 Å². The number of carbonyl (C=O) groups excluding carboxylic acids is 1. The fourth-order valence-electron chi connectivity index (χ4n) is 4.75. The highest BCUT2D eigenvalue weighted by molar-refractivity contribution is 5.79. The zero-order valence-corrected chi connectivity index (χ0v) is 14.9. The molecule has 1 aromatic heterocycles. The molecule has 1 saturated heterocycles. The first-order valence-electron chi connectivity index (χ1n) is 9.66. The number of amides is 1. The van der Waals surface area contributed by atoms with Crippen LogP contribution in [-0.2, 0) is 11.3 Å². The molecule has 0 bridgehead atoms. The van der Waals surface area contributed by atoms with Crippen molar-refractivity contribution >= 4 is 16.8 Å². The normalized spacial score (nSPS) is 23.0. The summed E-state index contributed by atoms with van der Waals surface area (Å²) in [6.07, 6.45) is 7.43. The standard InChI is InChI=1S/C20H25N3O3/c24-18(22-12-5-7-14-6-1-3-9-16(14)22)11-13-23-17-10-4-2-8-15(17)19(25)21-20(23)26/h2,4,8,10,14,16H,1,3,5-7,9,11-13H2,(H,21,25,26)/t14-,16-/m0/s1. The second kappa shape index (κ2) is 7.09. The van der Waals surface area contributed by atoms with Crippen LogP contribution >= 0.6 is 0 Å². The van der Waals surface area contributed by atoms with Gasteiger partial charge >= 0.3 is 5.69 Å². The van der Waals surface area contributed by atoms with E-state index < -0.39 is 5.69 Å². The zero-order chi connectivity index (χ0) is 18.1. The van der Waals surface area contributed by atoms with Gasteiger partial charge in [-0.1, -0.05) is 25.0 Å². The lowest BCUT2D eigenvalue weighted by molar-refractivity contribution is -0.137. The molecule has 6 nitrogen and oxygen atoms in total. The Morgan fingerprint density at radius 2 is 1.85 bits per heavy atom. The minimum absolute atomic E-state index is 0.129. The van der Waals surface area contributed by atoms with Crippen LogP contribution in [0.25, 0.3) is 10.9 Å². The Kier molecular flexibility index (Phi) is 4.66. The highest BCUT2D eigenvalue weighted by atomic mass is 16.2. The lowest BCUT2D eigenvalue weighted by Crippen LogP contribution is -2.50. The minimum atomic E-state index is -0.448. The van der Waals surface area contributed by atoms with Gasteiger partial charge in [-0.3, -0.25) is 19.1 Å². The summed E-state index contributed by atoms with van der Waals surface area (Å²) in [7, 11) is 0. The average molecular weight is 355 g/mol. The van der Waals surface area contributed by atoms with Crippen LogP contribution in [-0.4, -0.2) is 32.9 Å². The third-order valence-corrected chi connectivity index (χ3v) is 6.02. The molecule has 2 aliphatic rings. The van der Waals surface area contributed by atoms with Crippen LogP contribution in [0.4, 0.5) is 0 Å². The van der Waals surface area contributed by atoms with Gasteiger partial charge in [0.05, 0.1) is 10.9 Å². The van der Waals surface area contributed by atoms with E-state index in [1.807, 2.05) is 0 Å². The van der Waals surface area contributed by atoms with Crippen molar-refractivity contribution < 1.29 is 4.79 Å². The quantitative estimate of drug-likeness (QED) is 0.918. The smallest absolute Gasteiger partial charge is 0.328 e. The fraction of sp³-hybridized carbons (Fsp3) is 0.550. The fourth-order valence-corrected chi connectivity index (χ4v) is 4.75. The Hall–Kier alpha value is -2.37. The number of rotatable bonds is 3. The molecule has 138 valence electrons. The van der Waals surface area contributed by atoms with Gasteiger partial charge in [0.25, 0.3) is 5.56 Å². The van der Waals surface area contributed by atoms with Crippen LogP contribution in [0, 0.1) is 5.92 Å². The van der Waals surface area contributed by atoms with E-state index in [1.54, 1.807) is 24.3 Å². The molecule has 1 aromatic carbocycles. The molecule has 2 fully saturated rings. The SMILES string of the molecule is O=C(CCn1c(=O)[nH]c(=O)c2ccccc21)N1CCC[C@@H]2CCCC[C@@H]21. The first-order valence-corrected chi connectivity index (χ1v) is 9.66. The van der Waals surface area contributed by atoms with Gasteiger partial charge in [0, 0.05) is 25.6 Å². The number of fused-ring (bicyclic) bond motifs is 2. The summed E-state index contributed by atoms with van der Waals surface area (Å²) in [5.74, 6) is 0.780. The minimum Gasteiger partial charge on any atom is -0.339 e. The van der Waals surface area contributed by atoms with Gasteiger partial charge in [0.15, 0.2) is 0 Å². The third kappa shape index (κ3) is 3.08. The summed E-state index contributed by atoms with van der Waals surface area (Å²) in [4.78, 5) is 41.5. The summed E-state index contributed by atoms with van der Waals surface area (Å²) in [5.41, 5.74) is -0.242. The molecule has 2 heterocycles. The van der Waals surface area contributed by atoms with Crippen molar-refractivity contribution in [1.29, 1.82) is 0 Å². The van der Waals surface area contributed by atoms with Gasteiger partial charge < -0.3 is 4.90 Å². The Labute approximate surface area is 151 Å². The van der Waals surface area contributed by atoms with Crippen molar-refractivity contribution in [3.63, 3.8) is 0 Å². The van der Waals surface area contributed by atoms with Crippen molar-refractivity contribution in [2.24, 2.45) is 5.92 Å². The maximum Gasteiger partial charge on any atom is 0.328 e. The molecule has 1 N–H and O–H groups in total. The van der Waals surface area contributed by atoms with Crippen molar-refractivity contribution in [3.05, 3.63) is 45.1 Å². The monoisotopic (exact) mass is 355 g/mol. The molecule has 0 spiro atoms. The highest BCUT2D eigenvalue weighted by Crippen LogP contribution is 2.35. The molecule has 1 aliphatic carbocycles. The molecule has 1 amide bonds. The number of carbonyl (C=O) groups is 1. The van der Waals surface area contributed by atoms with Gasteiger partial charge in [-0.05, 0) is 43.7 Å². The van der Waals surface area contributed by atoms with E-state index in [0.29, 0.717) is 35.8 Å². The molecular weight excluding hydrogens is 330 g/mol. The Balaban J connectivity index is 1.54. The van der Waals surface area contributed by atoms with Crippen molar-refractivity contribution in [3.8, 4) is 0 Å². The molecule has 0 unspecified atom stereocenters. The predicted molar refractivity (Wildman–Crippen MR) is 100 cm³/mol. The molecular formula is C20H25N3O3. The molecule has 4 rings (SSSR count). The number of benzene rings is 1. The van der Waals surface area contributed by atoms with Gasteiger partial charge in [-0.25, -0.2) is 4.79 Å². The Morgan fingerprint density at radius 1 is 1.08 bits per heavy atom. The van der Waals surface area contributed by atoms with Gasteiger partial charge in [-0.2, -0.15) is 0 Å². The largest absolute Gasteiger partial charge is 0.339 e. The van der Waals surface area contributed by atoms with E-state index in [9.17, 15) is 14.4 Å². The number of H-pyrrole nitrogens is 1. The zero-order valence-electron chi connectivity index (χ0n) is 14.9. The Morgan fingerprint density at radius 3 is 2.73 bits per heavy atom. The number of para-hydroxylation sites is 1. The summed E-state index contributed by atoms with van der Waals surface area (Å²) >= 11 is 0. The van der Waals surface area contributed by atoms with Crippen molar-refractivity contribution in [1.82, 2.24) is 14.5 Å². The number of aromatic amines is 1. The number of likely N-dealkylation sites (tertiary alicyclic amines) is 1. The van der Waals surface area contributed by atoms with E-state index in [2.05, 4.69) is 9.88 Å². The van der Waals surface area contributed by atoms with Crippen LogP contribution in [0.15, 0.2) is 33.9 Å². The van der Waals surface area contributed by atoms with Crippen LogP contribution in [0.5, 0.6) is 0 Å². The maximum absolute atomic E-state index is 12.9. The molecule has 6 heteroatoms. The van der Waals surface area contributed by atoms with E-state index in [-0.39, 0.29) is 11.5 Å². The number of piperidine rings is 1. The van der Waals surface area contributed by atoms with Crippen LogP contribution in [0.2, 0.25) is 0 Å². The number of aryl methyl sites for hydroxylation is 1. The van der Waals surface area contributed by atoms with Gasteiger partial charge in [0.2, 0.25) is 5.91 Å². The van der Waals surface area contributed by atoms with Gasteiger partial charge in [0.1, 0.15) is 0 Å². The molecule has 0 radical (unpaired) electrons. The average Bonchev–Trinajstić information content (AvgIpc) is 2.67. The van der Waals surface area contributed by atoms with Crippen LogP contribution < -0.4 is 11.2 Å². The van der Waals surface area contributed by atoms with Gasteiger partial charge in [-0.15, -0.1) is 0 Å². The number of nitrogens with one attached hydrogen (secondary N) is 1. The number of aromatic nitrogens is 2. The number of hydrogen-bond donors (Lipinski definition) is 1.